The molecule has 144 valence electrons. The number of carbonyl (C=O) groups excluding carboxylic acids is 1. The molecule has 7 nitrogen and oxygen atoms in total. The lowest BCUT2D eigenvalue weighted by Crippen LogP contribution is -2.49. The van der Waals surface area contributed by atoms with Crippen molar-refractivity contribution in [3.05, 3.63) is 64.2 Å². The van der Waals surface area contributed by atoms with E-state index < -0.39 is 6.03 Å². The monoisotopic (exact) mass is 389 g/mol. The van der Waals surface area contributed by atoms with Gasteiger partial charge in [-0.25, -0.2) is 21.5 Å². The number of rotatable bonds is 7. The highest BCUT2D eigenvalue weighted by atomic mass is 35.5. The van der Waals surface area contributed by atoms with Crippen LogP contribution >= 0.6 is 11.6 Å². The van der Waals surface area contributed by atoms with Gasteiger partial charge in [0.2, 0.25) is 0 Å². The minimum absolute atomic E-state index is 0.469. The van der Waals surface area contributed by atoms with Crippen molar-refractivity contribution in [2.75, 3.05) is 18.7 Å². The number of hydrogen-bond donors (Lipinski definition) is 2. The van der Waals surface area contributed by atoms with E-state index in [1.807, 2.05) is 37.3 Å². The van der Waals surface area contributed by atoms with E-state index >= 15 is 0 Å². The Kier molecular flexibility index (Phi) is 7.60. The van der Waals surface area contributed by atoms with Crippen LogP contribution in [0.1, 0.15) is 23.1 Å². The van der Waals surface area contributed by atoms with Crippen LogP contribution in [0, 0.1) is 6.92 Å². The summed E-state index contributed by atoms with van der Waals surface area (Å²) in [6, 6.07) is 12.6. The Morgan fingerprint density at radius 1 is 1.22 bits per heavy atom. The molecule has 2 aromatic carbocycles. The third kappa shape index (κ3) is 5.96. The third-order valence-corrected chi connectivity index (χ3v) is 4.19. The molecule has 0 spiro atoms. The number of anilines is 1. The van der Waals surface area contributed by atoms with Gasteiger partial charge in [0.1, 0.15) is 6.61 Å². The smallest absolute Gasteiger partial charge is 0.352 e. The van der Waals surface area contributed by atoms with Crippen LogP contribution in [0.15, 0.2) is 47.6 Å². The van der Waals surface area contributed by atoms with Crippen molar-refractivity contribution in [2.24, 2.45) is 16.8 Å². The van der Waals surface area contributed by atoms with Crippen molar-refractivity contribution in [3.63, 3.8) is 0 Å². The van der Waals surface area contributed by atoms with Crippen molar-refractivity contribution in [2.45, 2.75) is 19.8 Å². The lowest BCUT2D eigenvalue weighted by Gasteiger charge is -2.22. The maximum Gasteiger partial charge on any atom is 0.352 e. The number of benzene rings is 2. The second-order valence-corrected chi connectivity index (χ2v) is 6.51. The first-order valence-corrected chi connectivity index (χ1v) is 8.84. The zero-order valence-electron chi connectivity index (χ0n) is 15.4. The molecule has 4 N–H and O–H groups in total. The Hall–Kier alpha value is -2.61. The Morgan fingerprint density at radius 2 is 1.93 bits per heavy atom. The van der Waals surface area contributed by atoms with Crippen LogP contribution in [0.25, 0.3) is 0 Å². The third-order valence-electron chi connectivity index (χ3n) is 3.94. The lowest BCUT2D eigenvalue weighted by molar-refractivity contribution is 0.143. The van der Waals surface area contributed by atoms with Gasteiger partial charge in [-0.1, -0.05) is 41.0 Å². The molecule has 0 saturated heterocycles. The molecule has 2 amide bonds. The van der Waals surface area contributed by atoms with Gasteiger partial charge in [-0.15, -0.1) is 0 Å². The number of halogens is 1. The van der Waals surface area contributed by atoms with Gasteiger partial charge in [-0.3, -0.25) is 5.01 Å². The van der Waals surface area contributed by atoms with Crippen molar-refractivity contribution in [3.8, 4) is 0 Å². The van der Waals surface area contributed by atoms with Crippen molar-refractivity contribution in [1.82, 2.24) is 5.01 Å². The molecule has 8 heteroatoms. The molecule has 0 atom stereocenters. The quantitative estimate of drug-likeness (QED) is 0.250. The minimum atomic E-state index is -0.542. The fraction of sp³-hybridized carbons (Fsp3) is 0.263. The van der Waals surface area contributed by atoms with Crippen LogP contribution in [0.5, 0.6) is 0 Å². The lowest BCUT2D eigenvalue weighted by atomic mass is 10.1. The van der Waals surface area contributed by atoms with E-state index in [2.05, 4.69) is 5.16 Å². The van der Waals surface area contributed by atoms with Crippen LogP contribution in [0.4, 0.5) is 10.5 Å². The summed E-state index contributed by atoms with van der Waals surface area (Å²) < 4.78 is 0. The number of hydrogen-bond acceptors (Lipinski definition) is 5. The predicted octanol–water partition coefficient (Wildman–Crippen LogP) is 3.24. The number of nitrogens with two attached hydrogens (primary N) is 2. The molecule has 0 unspecified atom stereocenters. The summed E-state index contributed by atoms with van der Waals surface area (Å²) >= 11 is 5.87. The molecule has 0 aromatic heterocycles. The molecule has 0 bridgehead atoms. The summed E-state index contributed by atoms with van der Waals surface area (Å²) in [6.07, 6.45) is 3.24. The second kappa shape index (κ2) is 9.91. The van der Waals surface area contributed by atoms with Crippen LogP contribution in [-0.2, 0) is 11.3 Å². The fourth-order valence-corrected chi connectivity index (χ4v) is 2.58. The molecule has 0 heterocycles. The molecule has 2 rings (SSSR count). The van der Waals surface area contributed by atoms with E-state index in [1.165, 1.54) is 12.6 Å². The number of amides is 2. The molecule has 0 radical (unpaired) electrons. The summed E-state index contributed by atoms with van der Waals surface area (Å²) in [4.78, 5) is 17.3. The van der Waals surface area contributed by atoms with Gasteiger partial charge in [0, 0.05) is 17.6 Å². The number of carbonyl (C=O) groups is 1. The Balaban J connectivity index is 1.94. The molecule has 0 aliphatic carbocycles. The fourth-order valence-electron chi connectivity index (χ4n) is 2.45. The van der Waals surface area contributed by atoms with Crippen LogP contribution in [0.2, 0.25) is 5.02 Å². The van der Waals surface area contributed by atoms with Gasteiger partial charge in [-0.2, -0.15) is 0 Å². The number of urea groups is 1. The van der Waals surface area contributed by atoms with E-state index in [0.29, 0.717) is 17.9 Å². The molecule has 0 aliphatic rings. The summed E-state index contributed by atoms with van der Waals surface area (Å²) in [5.74, 6) is 11.4. The molecule has 2 aromatic rings. The SMILES string of the molecule is Cc1cccc(N(N)C(=O)N(C)N)c1/C=N\OCCCc1ccc(Cl)cc1. The first kappa shape index (κ1) is 20.7. The van der Waals surface area contributed by atoms with E-state index in [9.17, 15) is 4.79 Å². The van der Waals surface area contributed by atoms with Crippen molar-refractivity contribution >= 4 is 29.5 Å². The molecule has 0 fully saturated rings. The summed E-state index contributed by atoms with van der Waals surface area (Å²) in [5.41, 5.74) is 3.28. The van der Waals surface area contributed by atoms with Gasteiger partial charge in [0.25, 0.3) is 0 Å². The van der Waals surface area contributed by atoms with Gasteiger partial charge in [-0.05, 0) is 49.1 Å². The zero-order chi connectivity index (χ0) is 19.8. The number of hydrazine groups is 2. The van der Waals surface area contributed by atoms with E-state index in [4.69, 9.17) is 28.1 Å². The highest BCUT2D eigenvalue weighted by Gasteiger charge is 2.17. The molecule has 0 saturated carbocycles. The zero-order valence-corrected chi connectivity index (χ0v) is 16.2. The molecule has 27 heavy (non-hydrogen) atoms. The van der Waals surface area contributed by atoms with Gasteiger partial charge < -0.3 is 4.84 Å². The summed E-state index contributed by atoms with van der Waals surface area (Å²) in [6.45, 7) is 2.37. The Morgan fingerprint density at radius 3 is 2.59 bits per heavy atom. The summed E-state index contributed by atoms with van der Waals surface area (Å²) in [5, 5.41) is 6.63. The average molecular weight is 390 g/mol. The van der Waals surface area contributed by atoms with Crippen molar-refractivity contribution < 1.29 is 9.63 Å². The van der Waals surface area contributed by atoms with Crippen LogP contribution < -0.4 is 16.7 Å². The Labute approximate surface area is 164 Å². The number of aryl methyl sites for hydroxylation is 2. The highest BCUT2D eigenvalue weighted by molar-refractivity contribution is 6.30. The van der Waals surface area contributed by atoms with Crippen LogP contribution in [-0.4, -0.2) is 30.9 Å². The number of nitrogens with zero attached hydrogens (tertiary/aromatic N) is 3. The van der Waals surface area contributed by atoms with Gasteiger partial charge in [0.15, 0.2) is 0 Å². The van der Waals surface area contributed by atoms with E-state index in [1.54, 1.807) is 18.3 Å². The average Bonchev–Trinajstić information content (AvgIpc) is 2.65. The minimum Gasteiger partial charge on any atom is -0.396 e. The number of oxime groups is 1. The maximum absolute atomic E-state index is 12.0. The second-order valence-electron chi connectivity index (χ2n) is 6.07. The van der Waals surface area contributed by atoms with Gasteiger partial charge in [0.05, 0.1) is 11.9 Å². The molecular weight excluding hydrogens is 366 g/mol. The Bertz CT molecular complexity index is 793. The van der Waals surface area contributed by atoms with E-state index in [-0.39, 0.29) is 0 Å². The molecule has 0 aliphatic heterocycles. The highest BCUT2D eigenvalue weighted by Crippen LogP contribution is 2.21. The van der Waals surface area contributed by atoms with Crippen LogP contribution in [0.3, 0.4) is 0 Å². The van der Waals surface area contributed by atoms with E-state index in [0.717, 1.165) is 33.4 Å². The normalized spacial score (nSPS) is 10.9. The summed E-state index contributed by atoms with van der Waals surface area (Å²) in [7, 11) is 1.43. The van der Waals surface area contributed by atoms with Crippen molar-refractivity contribution in [1.29, 1.82) is 0 Å². The first-order valence-electron chi connectivity index (χ1n) is 8.46. The topological polar surface area (TPSA) is 97.2 Å². The molecular formula is C19H24ClN5O2. The standard InChI is InChI=1S/C19H24ClN5O2/c1-14-5-3-7-18(25(22)19(26)24(2)21)17(14)13-23-27-12-4-6-15-8-10-16(20)11-9-15/h3,5,7-11,13H,4,6,12,21-22H2,1-2H3/b23-13-. The predicted molar refractivity (Wildman–Crippen MR) is 109 cm³/mol. The largest absolute Gasteiger partial charge is 0.396 e. The first-order chi connectivity index (χ1) is 12.9. The van der Waals surface area contributed by atoms with Gasteiger partial charge >= 0.3 is 6.03 Å². The maximum atomic E-state index is 12.0.